The first-order valence-corrected chi connectivity index (χ1v) is 11.4. The summed E-state index contributed by atoms with van der Waals surface area (Å²) in [4.78, 5) is 14.3. The third-order valence-corrected chi connectivity index (χ3v) is 7.32. The standard InChI is InChI=1S/C22H27N5O2S/c1-12-18(20-25-14-5-3-4-6-15(14)30-20)19(26-16-9-10-17(28)22(16,2)29)27-21(24-12)23-11-13-7-8-13/h3-6,13,16-17,28-29H,7-11H2,1-2H3,(H2,23,24,26,27). The van der Waals surface area contributed by atoms with Gasteiger partial charge < -0.3 is 20.8 Å². The van der Waals surface area contributed by atoms with Crippen molar-refractivity contribution in [1.82, 2.24) is 15.0 Å². The summed E-state index contributed by atoms with van der Waals surface area (Å²) in [5, 5.41) is 28.6. The second-order valence-corrected chi connectivity index (χ2v) is 9.71. The van der Waals surface area contributed by atoms with Gasteiger partial charge in [0.15, 0.2) is 0 Å². The molecule has 2 heterocycles. The monoisotopic (exact) mass is 425 g/mol. The van der Waals surface area contributed by atoms with Crippen molar-refractivity contribution in [1.29, 1.82) is 0 Å². The molecule has 0 saturated heterocycles. The third kappa shape index (κ3) is 3.64. The Kier molecular flexibility index (Phi) is 4.88. The number of aliphatic hydroxyl groups is 2. The van der Waals surface area contributed by atoms with Gasteiger partial charge in [-0.2, -0.15) is 4.98 Å². The molecule has 1 aromatic carbocycles. The summed E-state index contributed by atoms with van der Waals surface area (Å²) < 4.78 is 1.11. The normalized spacial score (nSPS) is 26.3. The number of nitrogens with one attached hydrogen (secondary N) is 2. The Balaban J connectivity index is 1.55. The van der Waals surface area contributed by atoms with Gasteiger partial charge in [0.2, 0.25) is 5.95 Å². The van der Waals surface area contributed by atoms with Crippen LogP contribution >= 0.6 is 11.3 Å². The number of anilines is 2. The molecule has 4 N–H and O–H groups in total. The van der Waals surface area contributed by atoms with E-state index in [1.54, 1.807) is 18.3 Å². The van der Waals surface area contributed by atoms with Crippen LogP contribution in [0.4, 0.5) is 11.8 Å². The van der Waals surface area contributed by atoms with Gasteiger partial charge in [0.05, 0.1) is 33.6 Å². The smallest absolute Gasteiger partial charge is 0.224 e. The fraction of sp³-hybridized carbons (Fsp3) is 0.500. The van der Waals surface area contributed by atoms with E-state index >= 15 is 0 Å². The summed E-state index contributed by atoms with van der Waals surface area (Å²) in [7, 11) is 0. The minimum Gasteiger partial charge on any atom is -0.390 e. The maximum absolute atomic E-state index is 10.8. The van der Waals surface area contributed by atoms with E-state index in [0.717, 1.165) is 33.0 Å². The number of aromatic nitrogens is 3. The van der Waals surface area contributed by atoms with Crippen LogP contribution < -0.4 is 10.6 Å². The lowest BCUT2D eigenvalue weighted by atomic mass is 9.98. The van der Waals surface area contributed by atoms with Gasteiger partial charge in [-0.3, -0.25) is 0 Å². The Labute approximate surface area is 179 Å². The molecule has 2 saturated carbocycles. The van der Waals surface area contributed by atoms with Crippen LogP contribution in [-0.4, -0.2) is 49.5 Å². The number of aryl methyl sites for hydroxylation is 1. The van der Waals surface area contributed by atoms with Gasteiger partial charge in [0.25, 0.3) is 0 Å². The molecule has 5 rings (SSSR count). The van der Waals surface area contributed by atoms with Crippen LogP contribution in [0, 0.1) is 12.8 Å². The molecule has 158 valence electrons. The predicted octanol–water partition coefficient (Wildman–Crippen LogP) is 3.57. The van der Waals surface area contributed by atoms with Crippen LogP contribution in [0.2, 0.25) is 0 Å². The molecule has 3 unspecified atom stereocenters. The molecule has 3 atom stereocenters. The molecule has 2 fully saturated rings. The zero-order valence-electron chi connectivity index (χ0n) is 17.2. The molecule has 0 bridgehead atoms. The molecule has 2 aliphatic carbocycles. The minimum absolute atomic E-state index is 0.300. The van der Waals surface area contributed by atoms with Gasteiger partial charge in [-0.25, -0.2) is 9.97 Å². The number of hydrogen-bond donors (Lipinski definition) is 4. The Morgan fingerprint density at radius 3 is 2.63 bits per heavy atom. The average Bonchev–Trinajstić information content (AvgIpc) is 3.39. The van der Waals surface area contributed by atoms with Crippen molar-refractivity contribution in [2.45, 2.75) is 57.3 Å². The Bertz CT molecular complexity index is 1050. The number of aliphatic hydroxyl groups excluding tert-OH is 1. The van der Waals surface area contributed by atoms with Crippen LogP contribution in [0.25, 0.3) is 20.8 Å². The maximum Gasteiger partial charge on any atom is 0.224 e. The second kappa shape index (κ2) is 7.44. The Morgan fingerprint density at radius 1 is 1.13 bits per heavy atom. The van der Waals surface area contributed by atoms with Crippen LogP contribution in [0.15, 0.2) is 24.3 Å². The van der Waals surface area contributed by atoms with E-state index in [1.807, 2.05) is 25.1 Å². The average molecular weight is 426 g/mol. The highest BCUT2D eigenvalue weighted by Gasteiger charge is 2.45. The van der Waals surface area contributed by atoms with E-state index in [0.29, 0.717) is 30.5 Å². The van der Waals surface area contributed by atoms with Crippen LogP contribution in [-0.2, 0) is 0 Å². The lowest BCUT2D eigenvalue weighted by Crippen LogP contribution is -2.47. The summed E-state index contributed by atoms with van der Waals surface area (Å²) in [6.07, 6.45) is 2.98. The Hall–Kier alpha value is -2.29. The highest BCUT2D eigenvalue weighted by atomic mass is 32.1. The van der Waals surface area contributed by atoms with Crippen molar-refractivity contribution in [2.24, 2.45) is 5.92 Å². The molecule has 2 aliphatic rings. The molecule has 30 heavy (non-hydrogen) atoms. The third-order valence-electron chi connectivity index (χ3n) is 6.26. The van der Waals surface area contributed by atoms with Crippen molar-refractivity contribution in [2.75, 3.05) is 17.2 Å². The van der Waals surface area contributed by atoms with E-state index in [2.05, 4.69) is 16.7 Å². The summed E-state index contributed by atoms with van der Waals surface area (Å²) in [5.41, 5.74) is 1.42. The molecular weight excluding hydrogens is 398 g/mol. The van der Waals surface area contributed by atoms with Crippen LogP contribution in [0.3, 0.4) is 0 Å². The van der Waals surface area contributed by atoms with Crippen molar-refractivity contribution < 1.29 is 10.2 Å². The number of nitrogens with zero attached hydrogens (tertiary/aromatic N) is 3. The van der Waals surface area contributed by atoms with Crippen molar-refractivity contribution in [3.8, 4) is 10.6 Å². The van der Waals surface area contributed by atoms with Gasteiger partial charge >= 0.3 is 0 Å². The first-order valence-electron chi connectivity index (χ1n) is 10.6. The van der Waals surface area contributed by atoms with Gasteiger partial charge in [0, 0.05) is 6.54 Å². The van der Waals surface area contributed by atoms with Crippen molar-refractivity contribution in [3.63, 3.8) is 0 Å². The van der Waals surface area contributed by atoms with Gasteiger partial charge in [-0.1, -0.05) is 12.1 Å². The quantitative estimate of drug-likeness (QED) is 0.479. The van der Waals surface area contributed by atoms with E-state index in [1.165, 1.54) is 12.8 Å². The van der Waals surface area contributed by atoms with Gasteiger partial charge in [-0.15, -0.1) is 11.3 Å². The summed E-state index contributed by atoms with van der Waals surface area (Å²) in [6.45, 7) is 4.53. The molecule has 8 heteroatoms. The largest absolute Gasteiger partial charge is 0.390 e. The summed E-state index contributed by atoms with van der Waals surface area (Å²) >= 11 is 1.61. The van der Waals surface area contributed by atoms with Crippen LogP contribution in [0.5, 0.6) is 0 Å². The first kappa shape index (κ1) is 19.7. The fourth-order valence-corrected chi connectivity index (χ4v) is 5.14. The number of fused-ring (bicyclic) bond motifs is 1. The van der Waals surface area contributed by atoms with E-state index in [4.69, 9.17) is 15.0 Å². The molecular formula is C22H27N5O2S. The summed E-state index contributed by atoms with van der Waals surface area (Å²) in [6, 6.07) is 7.75. The number of hydrogen-bond acceptors (Lipinski definition) is 8. The van der Waals surface area contributed by atoms with E-state index in [-0.39, 0.29) is 6.04 Å². The first-order chi connectivity index (χ1) is 14.4. The van der Waals surface area contributed by atoms with Crippen molar-refractivity contribution >= 4 is 33.3 Å². The zero-order valence-corrected chi connectivity index (χ0v) is 18.0. The lowest BCUT2D eigenvalue weighted by molar-refractivity contribution is -0.0439. The number of benzene rings is 1. The van der Waals surface area contributed by atoms with Gasteiger partial charge in [0.1, 0.15) is 16.4 Å². The highest BCUT2D eigenvalue weighted by Crippen LogP contribution is 2.39. The van der Waals surface area contributed by atoms with Gasteiger partial charge in [-0.05, 0) is 57.6 Å². The zero-order chi connectivity index (χ0) is 20.9. The molecule has 0 radical (unpaired) electrons. The SMILES string of the molecule is Cc1nc(NCC2CC2)nc(NC2CCC(O)C2(C)O)c1-c1nc2ccccc2s1. The molecule has 0 amide bonds. The number of rotatable bonds is 6. The Morgan fingerprint density at radius 2 is 1.93 bits per heavy atom. The molecule has 2 aromatic heterocycles. The van der Waals surface area contributed by atoms with Crippen LogP contribution in [0.1, 0.15) is 38.3 Å². The minimum atomic E-state index is -1.22. The topological polar surface area (TPSA) is 103 Å². The van der Waals surface area contributed by atoms with E-state index in [9.17, 15) is 10.2 Å². The summed E-state index contributed by atoms with van der Waals surface area (Å²) in [5.74, 6) is 1.95. The maximum atomic E-state index is 10.8. The fourth-order valence-electron chi connectivity index (χ4n) is 4.07. The molecule has 3 aromatic rings. The van der Waals surface area contributed by atoms with Crippen molar-refractivity contribution in [3.05, 3.63) is 30.0 Å². The lowest BCUT2D eigenvalue weighted by Gasteiger charge is -2.30. The highest BCUT2D eigenvalue weighted by molar-refractivity contribution is 7.21. The molecule has 0 aliphatic heterocycles. The second-order valence-electron chi connectivity index (χ2n) is 8.68. The number of thiazole rings is 1. The van der Waals surface area contributed by atoms with E-state index < -0.39 is 11.7 Å². The predicted molar refractivity (Wildman–Crippen MR) is 120 cm³/mol. The molecule has 0 spiro atoms. The molecule has 7 nitrogen and oxygen atoms in total. The number of para-hydroxylation sites is 1.